The van der Waals surface area contributed by atoms with E-state index in [1.165, 1.54) is 16.7 Å². The molecular formula is C21H22N2O4S. The lowest BCUT2D eigenvalue weighted by atomic mass is 10.1. The number of aromatic nitrogens is 1. The summed E-state index contributed by atoms with van der Waals surface area (Å²) in [6, 6.07) is 12.5. The number of hydrogen-bond acceptors (Lipinski definition) is 6. The first-order valence-electron chi connectivity index (χ1n) is 9.02. The Labute approximate surface area is 168 Å². The molecule has 1 aromatic carbocycles. The molecule has 0 aliphatic carbocycles. The van der Waals surface area contributed by atoms with Crippen LogP contribution in [0.15, 0.2) is 53.6 Å². The first-order valence-corrected chi connectivity index (χ1v) is 10.0. The second-order valence-electron chi connectivity index (χ2n) is 6.48. The Morgan fingerprint density at radius 1 is 1.11 bits per heavy atom. The molecule has 28 heavy (non-hydrogen) atoms. The summed E-state index contributed by atoms with van der Waals surface area (Å²) in [7, 11) is 0. The van der Waals surface area contributed by atoms with Gasteiger partial charge in [0.2, 0.25) is 0 Å². The van der Waals surface area contributed by atoms with E-state index < -0.39 is 0 Å². The van der Waals surface area contributed by atoms with Gasteiger partial charge in [0.1, 0.15) is 5.75 Å². The number of amides is 2. The summed E-state index contributed by atoms with van der Waals surface area (Å²) in [5, 5.41) is 9.18. The molecule has 1 aromatic heterocycles. The van der Waals surface area contributed by atoms with Gasteiger partial charge in [-0.05, 0) is 43.7 Å². The molecule has 0 atom stereocenters. The smallest absolute Gasteiger partial charge is 0.268 e. The van der Waals surface area contributed by atoms with Crippen molar-refractivity contribution in [2.75, 3.05) is 12.4 Å². The summed E-state index contributed by atoms with van der Waals surface area (Å²) in [5.41, 5.74) is 1.64. The lowest BCUT2D eigenvalue weighted by Crippen LogP contribution is -2.31. The van der Waals surface area contributed by atoms with Crippen LogP contribution in [0.25, 0.3) is 5.57 Å². The predicted octanol–water partition coefficient (Wildman–Crippen LogP) is 2.87. The van der Waals surface area contributed by atoms with Gasteiger partial charge < -0.3 is 9.84 Å². The topological polar surface area (TPSA) is 79.7 Å². The fourth-order valence-corrected chi connectivity index (χ4v) is 3.74. The molecule has 0 bridgehead atoms. The number of ether oxygens (including phenoxy) is 1. The lowest BCUT2D eigenvalue weighted by Gasteiger charge is -2.14. The molecule has 3 rings (SSSR count). The molecule has 0 fully saturated rings. The maximum absolute atomic E-state index is 13.1. The molecule has 7 heteroatoms. The molecular weight excluding hydrogens is 376 g/mol. The normalized spacial score (nSPS) is 14.4. The molecule has 1 N–H and O–H groups in total. The summed E-state index contributed by atoms with van der Waals surface area (Å²) < 4.78 is 5.65. The number of aliphatic hydroxyl groups excluding tert-OH is 1. The van der Waals surface area contributed by atoms with Crippen molar-refractivity contribution in [1.29, 1.82) is 0 Å². The van der Waals surface area contributed by atoms with Crippen molar-refractivity contribution in [3.05, 3.63) is 64.8 Å². The number of thioether (sulfide) groups is 1. The number of imide groups is 1. The minimum Gasteiger partial charge on any atom is -0.491 e. The van der Waals surface area contributed by atoms with Crippen molar-refractivity contribution in [3.8, 4) is 5.75 Å². The zero-order valence-electron chi connectivity index (χ0n) is 15.8. The number of carbonyl (C=O) groups is 2. The van der Waals surface area contributed by atoms with E-state index >= 15 is 0 Å². The van der Waals surface area contributed by atoms with Crippen molar-refractivity contribution in [3.63, 3.8) is 0 Å². The fraction of sp³-hybridized carbons (Fsp3) is 0.286. The number of hydrogen-bond donors (Lipinski definition) is 1. The van der Waals surface area contributed by atoms with E-state index in [0.717, 1.165) is 0 Å². The van der Waals surface area contributed by atoms with Gasteiger partial charge in [-0.3, -0.25) is 19.5 Å². The summed E-state index contributed by atoms with van der Waals surface area (Å²) >= 11 is 1.19. The number of pyridine rings is 1. The van der Waals surface area contributed by atoms with Crippen LogP contribution in [0.2, 0.25) is 0 Å². The molecule has 0 saturated heterocycles. The second kappa shape index (κ2) is 9.03. The van der Waals surface area contributed by atoms with Crippen LogP contribution < -0.4 is 4.74 Å². The molecule has 0 saturated carbocycles. The van der Waals surface area contributed by atoms with Crippen LogP contribution >= 0.6 is 11.8 Å². The maximum Gasteiger partial charge on any atom is 0.268 e. The maximum atomic E-state index is 13.1. The highest BCUT2D eigenvalue weighted by molar-refractivity contribution is 8.04. The second-order valence-corrected chi connectivity index (χ2v) is 7.59. The largest absolute Gasteiger partial charge is 0.491 e. The molecule has 2 heterocycles. The van der Waals surface area contributed by atoms with Gasteiger partial charge in [0.05, 0.1) is 35.4 Å². The molecule has 1 aliphatic rings. The number of carbonyl (C=O) groups excluding carboxylic acids is 2. The number of benzene rings is 1. The molecule has 146 valence electrons. The highest BCUT2D eigenvalue weighted by atomic mass is 32.2. The summed E-state index contributed by atoms with van der Waals surface area (Å²) in [6.07, 6.45) is 1.67. The monoisotopic (exact) mass is 398 g/mol. The Bertz CT molecular complexity index is 879. The minimum absolute atomic E-state index is 0.0456. The van der Waals surface area contributed by atoms with Crippen LogP contribution in [-0.4, -0.2) is 45.3 Å². The van der Waals surface area contributed by atoms with Gasteiger partial charge in [-0.2, -0.15) is 0 Å². The van der Waals surface area contributed by atoms with Gasteiger partial charge in [-0.25, -0.2) is 0 Å². The minimum atomic E-state index is -0.355. The third-order valence-electron chi connectivity index (χ3n) is 4.02. The molecule has 0 radical (unpaired) electrons. The van der Waals surface area contributed by atoms with Crippen molar-refractivity contribution in [1.82, 2.24) is 9.88 Å². The standard InChI is InChI=1S/C21H22N2O4S/c1-14(2)27-17-8-6-15(7-9-17)18-19(28-12-11-24)21(26)23(20(18)25)13-16-5-3-4-10-22-16/h3-10,14,24H,11-13H2,1-2H3. The highest BCUT2D eigenvalue weighted by Crippen LogP contribution is 2.37. The quantitative estimate of drug-likeness (QED) is 0.689. The first-order chi connectivity index (χ1) is 13.5. The molecule has 6 nitrogen and oxygen atoms in total. The van der Waals surface area contributed by atoms with Crippen LogP contribution in [0.4, 0.5) is 0 Å². The molecule has 1 aliphatic heterocycles. The van der Waals surface area contributed by atoms with Crippen molar-refractivity contribution < 1.29 is 19.4 Å². The van der Waals surface area contributed by atoms with E-state index in [9.17, 15) is 14.7 Å². The van der Waals surface area contributed by atoms with Crippen LogP contribution in [0.1, 0.15) is 25.1 Å². The van der Waals surface area contributed by atoms with E-state index in [-0.39, 0.29) is 31.1 Å². The van der Waals surface area contributed by atoms with Crippen molar-refractivity contribution in [2.45, 2.75) is 26.5 Å². The predicted molar refractivity (Wildman–Crippen MR) is 108 cm³/mol. The lowest BCUT2D eigenvalue weighted by molar-refractivity contribution is -0.137. The SMILES string of the molecule is CC(C)Oc1ccc(C2=C(SCCO)C(=O)N(Cc3ccccn3)C2=O)cc1. The number of aliphatic hydroxyl groups is 1. The summed E-state index contributed by atoms with van der Waals surface area (Å²) in [4.78, 5) is 31.7. The Morgan fingerprint density at radius 2 is 1.86 bits per heavy atom. The zero-order chi connectivity index (χ0) is 20.1. The van der Waals surface area contributed by atoms with Gasteiger partial charge in [-0.15, -0.1) is 11.8 Å². The Balaban J connectivity index is 1.91. The Morgan fingerprint density at radius 3 is 2.46 bits per heavy atom. The fourth-order valence-electron chi connectivity index (χ4n) is 2.86. The average molecular weight is 398 g/mol. The molecule has 2 aromatic rings. The summed E-state index contributed by atoms with van der Waals surface area (Å²) in [6.45, 7) is 3.91. The highest BCUT2D eigenvalue weighted by Gasteiger charge is 2.39. The van der Waals surface area contributed by atoms with E-state index in [0.29, 0.717) is 33.2 Å². The van der Waals surface area contributed by atoms with Gasteiger partial charge in [-0.1, -0.05) is 18.2 Å². The van der Waals surface area contributed by atoms with E-state index in [2.05, 4.69) is 4.98 Å². The third kappa shape index (κ3) is 4.43. The van der Waals surface area contributed by atoms with Gasteiger partial charge in [0.25, 0.3) is 11.8 Å². The van der Waals surface area contributed by atoms with Crippen molar-refractivity contribution >= 4 is 29.1 Å². The van der Waals surface area contributed by atoms with Gasteiger partial charge in [0.15, 0.2) is 0 Å². The van der Waals surface area contributed by atoms with Gasteiger partial charge in [0, 0.05) is 11.9 Å². The Hall–Kier alpha value is -2.64. The number of nitrogens with zero attached hydrogens (tertiary/aromatic N) is 2. The summed E-state index contributed by atoms with van der Waals surface area (Å²) in [5.74, 6) is 0.329. The Kier molecular flexibility index (Phi) is 6.49. The van der Waals surface area contributed by atoms with Crippen molar-refractivity contribution in [2.24, 2.45) is 0 Å². The van der Waals surface area contributed by atoms with Crippen LogP contribution in [0.3, 0.4) is 0 Å². The molecule has 2 amide bonds. The van der Waals surface area contributed by atoms with Crippen LogP contribution in [0, 0.1) is 0 Å². The molecule has 0 unspecified atom stereocenters. The van der Waals surface area contributed by atoms with Crippen LogP contribution in [-0.2, 0) is 16.1 Å². The zero-order valence-corrected chi connectivity index (χ0v) is 16.6. The van der Waals surface area contributed by atoms with E-state index in [1.807, 2.05) is 19.9 Å². The van der Waals surface area contributed by atoms with Crippen LogP contribution in [0.5, 0.6) is 5.75 Å². The van der Waals surface area contributed by atoms with Gasteiger partial charge >= 0.3 is 0 Å². The third-order valence-corrected chi connectivity index (χ3v) is 5.08. The molecule has 0 spiro atoms. The van der Waals surface area contributed by atoms with E-state index in [1.54, 1.807) is 42.6 Å². The number of rotatable bonds is 8. The average Bonchev–Trinajstić information content (AvgIpc) is 2.91. The first kappa shape index (κ1) is 20.1. The van der Waals surface area contributed by atoms with E-state index in [4.69, 9.17) is 4.74 Å².